The molecule has 0 amide bonds. The van der Waals surface area contributed by atoms with Crippen molar-refractivity contribution in [3.63, 3.8) is 0 Å². The largest absolute Gasteiger partial charge is 0.496 e. The first kappa shape index (κ1) is 15.1. The summed E-state index contributed by atoms with van der Waals surface area (Å²) in [5.74, 6) is 1.37. The molecule has 0 bridgehead atoms. The van der Waals surface area contributed by atoms with Crippen molar-refractivity contribution in [2.45, 2.75) is 57.8 Å². The molecule has 20 heavy (non-hydrogen) atoms. The third kappa shape index (κ3) is 2.63. The number of methoxy groups -OCH3 is 1. The Labute approximate surface area is 120 Å². The van der Waals surface area contributed by atoms with Gasteiger partial charge in [0.15, 0.2) is 0 Å². The second-order valence-electron chi connectivity index (χ2n) is 6.17. The van der Waals surface area contributed by atoms with E-state index in [0.29, 0.717) is 12.2 Å². The number of hydrogen-bond acceptors (Lipinski definition) is 4. The van der Waals surface area contributed by atoms with Crippen molar-refractivity contribution in [2.75, 3.05) is 7.11 Å². The van der Waals surface area contributed by atoms with E-state index in [1.807, 2.05) is 39.8 Å². The van der Waals surface area contributed by atoms with E-state index in [9.17, 15) is 10.2 Å². The van der Waals surface area contributed by atoms with Crippen LogP contribution in [0.3, 0.4) is 0 Å². The molecule has 0 radical (unpaired) electrons. The van der Waals surface area contributed by atoms with E-state index in [0.717, 1.165) is 16.9 Å². The Morgan fingerprint density at radius 1 is 1.30 bits per heavy atom. The monoisotopic (exact) mass is 280 g/mol. The van der Waals surface area contributed by atoms with Gasteiger partial charge in [0.1, 0.15) is 17.1 Å². The van der Waals surface area contributed by atoms with Crippen LogP contribution in [-0.4, -0.2) is 35.1 Å². The first-order valence-electron chi connectivity index (χ1n) is 7.00. The lowest BCUT2D eigenvalue weighted by Crippen LogP contribution is -2.46. The summed E-state index contributed by atoms with van der Waals surface area (Å²) in [7, 11) is 1.63. The zero-order chi connectivity index (χ0) is 15.1. The number of aliphatic hydroxyl groups excluding tert-OH is 2. The van der Waals surface area contributed by atoms with Crippen LogP contribution in [0.25, 0.3) is 0 Å². The van der Waals surface area contributed by atoms with E-state index < -0.39 is 17.8 Å². The summed E-state index contributed by atoms with van der Waals surface area (Å²) in [6, 6.07) is 3.84. The fraction of sp³-hybridized carbons (Fsp3) is 0.625. The van der Waals surface area contributed by atoms with Crippen LogP contribution in [0.2, 0.25) is 0 Å². The molecule has 0 aliphatic carbocycles. The SMILES string of the molecule is COc1cc2c(cc1C)OC(C)(C)[C@@H](O)C[C@@H](O)[C@H]2C. The second kappa shape index (κ2) is 5.26. The molecule has 0 saturated heterocycles. The average molecular weight is 280 g/mol. The minimum atomic E-state index is -0.739. The first-order chi connectivity index (χ1) is 9.26. The molecule has 0 aromatic heterocycles. The Balaban J connectivity index is 2.55. The van der Waals surface area contributed by atoms with Gasteiger partial charge in [-0.3, -0.25) is 0 Å². The lowest BCUT2D eigenvalue weighted by molar-refractivity contribution is -0.0614. The number of rotatable bonds is 1. The molecule has 1 aliphatic heterocycles. The topological polar surface area (TPSA) is 58.9 Å². The quantitative estimate of drug-likeness (QED) is 0.829. The van der Waals surface area contributed by atoms with Crippen molar-refractivity contribution in [2.24, 2.45) is 0 Å². The van der Waals surface area contributed by atoms with Crippen LogP contribution in [0.4, 0.5) is 0 Å². The molecule has 0 fully saturated rings. The number of fused-ring (bicyclic) bond motifs is 1. The lowest BCUT2D eigenvalue weighted by atomic mass is 9.85. The highest BCUT2D eigenvalue weighted by Gasteiger charge is 2.37. The van der Waals surface area contributed by atoms with Crippen LogP contribution in [-0.2, 0) is 0 Å². The minimum Gasteiger partial charge on any atom is -0.496 e. The Kier molecular flexibility index (Phi) is 3.98. The zero-order valence-electron chi connectivity index (χ0n) is 12.8. The second-order valence-corrected chi connectivity index (χ2v) is 6.17. The van der Waals surface area contributed by atoms with Gasteiger partial charge in [-0.25, -0.2) is 0 Å². The molecule has 1 aliphatic rings. The lowest BCUT2D eigenvalue weighted by Gasteiger charge is -2.38. The van der Waals surface area contributed by atoms with Gasteiger partial charge in [0.25, 0.3) is 0 Å². The maximum Gasteiger partial charge on any atom is 0.129 e. The van der Waals surface area contributed by atoms with Gasteiger partial charge in [-0.2, -0.15) is 0 Å². The van der Waals surface area contributed by atoms with Crippen molar-refractivity contribution in [1.29, 1.82) is 0 Å². The molecule has 0 spiro atoms. The number of aliphatic hydroxyl groups is 2. The van der Waals surface area contributed by atoms with Gasteiger partial charge in [0.05, 0.1) is 19.3 Å². The number of hydrogen-bond donors (Lipinski definition) is 2. The highest BCUT2D eigenvalue weighted by atomic mass is 16.5. The van der Waals surface area contributed by atoms with Crippen LogP contribution in [0.5, 0.6) is 11.5 Å². The molecule has 1 aromatic carbocycles. The van der Waals surface area contributed by atoms with E-state index >= 15 is 0 Å². The highest BCUT2D eigenvalue weighted by Crippen LogP contribution is 2.40. The van der Waals surface area contributed by atoms with E-state index in [4.69, 9.17) is 9.47 Å². The predicted molar refractivity (Wildman–Crippen MR) is 77.5 cm³/mol. The van der Waals surface area contributed by atoms with Gasteiger partial charge in [-0.05, 0) is 38.5 Å². The molecule has 4 nitrogen and oxygen atoms in total. The molecule has 3 atom stereocenters. The van der Waals surface area contributed by atoms with Crippen LogP contribution in [0.1, 0.15) is 44.2 Å². The van der Waals surface area contributed by atoms with E-state index in [1.165, 1.54) is 0 Å². The normalized spacial score (nSPS) is 28.9. The van der Waals surface area contributed by atoms with E-state index in [1.54, 1.807) is 7.11 Å². The van der Waals surface area contributed by atoms with Gasteiger partial charge in [-0.1, -0.05) is 6.92 Å². The van der Waals surface area contributed by atoms with Gasteiger partial charge in [0, 0.05) is 17.9 Å². The molecule has 1 heterocycles. The van der Waals surface area contributed by atoms with Gasteiger partial charge in [0.2, 0.25) is 0 Å². The smallest absolute Gasteiger partial charge is 0.129 e. The number of ether oxygens (including phenoxy) is 2. The Morgan fingerprint density at radius 3 is 2.55 bits per heavy atom. The summed E-state index contributed by atoms with van der Waals surface area (Å²) in [6.07, 6.45) is -1.03. The molecule has 0 saturated carbocycles. The van der Waals surface area contributed by atoms with Crippen molar-refractivity contribution >= 4 is 0 Å². The van der Waals surface area contributed by atoms with Crippen molar-refractivity contribution in [3.05, 3.63) is 23.3 Å². The van der Waals surface area contributed by atoms with Crippen LogP contribution in [0.15, 0.2) is 12.1 Å². The summed E-state index contributed by atoms with van der Waals surface area (Å²) in [4.78, 5) is 0. The number of benzene rings is 1. The summed E-state index contributed by atoms with van der Waals surface area (Å²) < 4.78 is 11.4. The summed E-state index contributed by atoms with van der Waals surface area (Å²) in [5, 5.41) is 20.5. The van der Waals surface area contributed by atoms with Crippen molar-refractivity contribution in [1.82, 2.24) is 0 Å². The maximum absolute atomic E-state index is 10.3. The molecule has 112 valence electrons. The van der Waals surface area contributed by atoms with Crippen LogP contribution >= 0.6 is 0 Å². The molecule has 0 unspecified atom stereocenters. The molecule has 2 N–H and O–H groups in total. The van der Waals surface area contributed by atoms with Gasteiger partial charge < -0.3 is 19.7 Å². The molecule has 4 heteroatoms. The van der Waals surface area contributed by atoms with E-state index in [-0.39, 0.29) is 5.92 Å². The Morgan fingerprint density at radius 2 is 1.95 bits per heavy atom. The molecule has 1 aromatic rings. The van der Waals surface area contributed by atoms with Crippen LogP contribution < -0.4 is 9.47 Å². The van der Waals surface area contributed by atoms with E-state index in [2.05, 4.69) is 0 Å². The molecule has 2 rings (SSSR count). The Bertz CT molecular complexity index is 495. The maximum atomic E-state index is 10.3. The summed E-state index contributed by atoms with van der Waals surface area (Å²) in [6.45, 7) is 7.56. The fourth-order valence-electron chi connectivity index (χ4n) is 2.62. The van der Waals surface area contributed by atoms with Crippen molar-refractivity contribution in [3.8, 4) is 11.5 Å². The molecular weight excluding hydrogens is 256 g/mol. The Hall–Kier alpha value is -1.26. The predicted octanol–water partition coefficient (Wildman–Crippen LogP) is 2.39. The third-order valence-corrected chi connectivity index (χ3v) is 4.24. The molecular formula is C16H24O4. The van der Waals surface area contributed by atoms with Gasteiger partial charge >= 0.3 is 0 Å². The first-order valence-corrected chi connectivity index (χ1v) is 7.00. The van der Waals surface area contributed by atoms with Gasteiger partial charge in [-0.15, -0.1) is 0 Å². The van der Waals surface area contributed by atoms with Crippen LogP contribution in [0, 0.1) is 6.92 Å². The minimum absolute atomic E-state index is 0.120. The summed E-state index contributed by atoms with van der Waals surface area (Å²) in [5.41, 5.74) is 1.15. The standard InChI is InChI=1S/C16H24O4/c1-9-6-14-11(7-13(9)19-5)10(2)12(17)8-15(18)16(3,4)20-14/h6-7,10,12,15,17-18H,8H2,1-5H3/t10-,12+,15-/m0/s1. The highest BCUT2D eigenvalue weighted by molar-refractivity contribution is 5.48. The zero-order valence-corrected chi connectivity index (χ0v) is 12.8. The van der Waals surface area contributed by atoms with Crippen molar-refractivity contribution < 1.29 is 19.7 Å². The fourth-order valence-corrected chi connectivity index (χ4v) is 2.62. The average Bonchev–Trinajstić information content (AvgIpc) is 2.36. The summed E-state index contributed by atoms with van der Waals surface area (Å²) >= 11 is 0. The third-order valence-electron chi connectivity index (χ3n) is 4.24. The number of aryl methyl sites for hydroxylation is 1.